The predicted molar refractivity (Wildman–Crippen MR) is 98.8 cm³/mol. The summed E-state index contributed by atoms with van der Waals surface area (Å²) < 4.78 is 5.15. The SMILES string of the molecule is Cc1ccc(SCC(=O)N/N=C\c2ccc(OCC(N)=O)cc2)cc1. The zero-order chi connectivity index (χ0) is 18.1. The van der Waals surface area contributed by atoms with Crippen LogP contribution in [0.1, 0.15) is 11.1 Å². The van der Waals surface area contributed by atoms with Crippen LogP contribution in [0.3, 0.4) is 0 Å². The summed E-state index contributed by atoms with van der Waals surface area (Å²) in [5.74, 6) is 0.120. The minimum absolute atomic E-state index is 0.165. The fourth-order valence-corrected chi connectivity index (χ4v) is 2.49. The van der Waals surface area contributed by atoms with Crippen LogP contribution in [0.5, 0.6) is 5.75 Å². The number of amides is 2. The molecule has 2 aromatic carbocycles. The maximum absolute atomic E-state index is 11.8. The molecule has 0 heterocycles. The molecule has 2 rings (SSSR count). The highest BCUT2D eigenvalue weighted by molar-refractivity contribution is 8.00. The summed E-state index contributed by atoms with van der Waals surface area (Å²) in [7, 11) is 0. The van der Waals surface area contributed by atoms with E-state index in [0.29, 0.717) is 11.5 Å². The Labute approximate surface area is 150 Å². The highest BCUT2D eigenvalue weighted by Crippen LogP contribution is 2.17. The highest BCUT2D eigenvalue weighted by atomic mass is 32.2. The van der Waals surface area contributed by atoms with Crippen molar-refractivity contribution in [1.29, 1.82) is 0 Å². The Bertz CT molecular complexity index is 743. The van der Waals surface area contributed by atoms with Crippen molar-refractivity contribution in [2.45, 2.75) is 11.8 Å². The zero-order valence-corrected chi connectivity index (χ0v) is 14.6. The first-order valence-electron chi connectivity index (χ1n) is 7.55. The molecule has 0 aliphatic heterocycles. The van der Waals surface area contributed by atoms with Gasteiger partial charge in [-0.1, -0.05) is 17.7 Å². The molecule has 0 bridgehead atoms. The van der Waals surface area contributed by atoms with Gasteiger partial charge in [0, 0.05) is 4.90 Å². The number of rotatable bonds is 8. The predicted octanol–water partition coefficient (Wildman–Crippen LogP) is 2.10. The van der Waals surface area contributed by atoms with Crippen molar-refractivity contribution in [3.63, 3.8) is 0 Å². The molecule has 130 valence electrons. The van der Waals surface area contributed by atoms with E-state index >= 15 is 0 Å². The molecular weight excluding hydrogens is 338 g/mol. The summed E-state index contributed by atoms with van der Waals surface area (Å²) in [5, 5.41) is 3.92. The number of primary amides is 1. The largest absolute Gasteiger partial charge is 0.484 e. The number of hydrogen-bond donors (Lipinski definition) is 2. The van der Waals surface area contributed by atoms with Gasteiger partial charge in [0.05, 0.1) is 12.0 Å². The average Bonchev–Trinajstić information content (AvgIpc) is 2.60. The molecule has 0 radical (unpaired) electrons. The molecule has 6 nitrogen and oxygen atoms in total. The fraction of sp³-hybridized carbons (Fsp3) is 0.167. The number of nitrogens with zero attached hydrogens (tertiary/aromatic N) is 1. The second-order valence-electron chi connectivity index (χ2n) is 5.22. The first kappa shape index (κ1) is 18.5. The summed E-state index contributed by atoms with van der Waals surface area (Å²) in [6.45, 7) is 1.86. The molecule has 0 aliphatic carbocycles. The van der Waals surface area contributed by atoms with E-state index in [1.165, 1.54) is 23.5 Å². The zero-order valence-electron chi connectivity index (χ0n) is 13.8. The maximum atomic E-state index is 11.8. The van der Waals surface area contributed by atoms with E-state index in [1.54, 1.807) is 24.3 Å². The Balaban J connectivity index is 1.74. The van der Waals surface area contributed by atoms with Crippen molar-refractivity contribution in [2.24, 2.45) is 10.8 Å². The molecular formula is C18H19N3O3S. The topological polar surface area (TPSA) is 93.8 Å². The average molecular weight is 357 g/mol. The first-order valence-corrected chi connectivity index (χ1v) is 8.54. The number of nitrogens with two attached hydrogens (primary N) is 1. The lowest BCUT2D eigenvalue weighted by molar-refractivity contribution is -0.120. The number of thioether (sulfide) groups is 1. The van der Waals surface area contributed by atoms with Crippen molar-refractivity contribution < 1.29 is 14.3 Å². The Morgan fingerprint density at radius 1 is 1.16 bits per heavy atom. The Morgan fingerprint density at radius 3 is 2.48 bits per heavy atom. The van der Waals surface area contributed by atoms with Gasteiger partial charge < -0.3 is 10.5 Å². The van der Waals surface area contributed by atoms with Gasteiger partial charge in [0.15, 0.2) is 6.61 Å². The third-order valence-electron chi connectivity index (χ3n) is 3.05. The molecule has 2 amide bonds. The summed E-state index contributed by atoms with van der Waals surface area (Å²) >= 11 is 1.45. The second kappa shape index (κ2) is 9.48. The fourth-order valence-electron chi connectivity index (χ4n) is 1.80. The lowest BCUT2D eigenvalue weighted by Gasteiger charge is -2.03. The highest BCUT2D eigenvalue weighted by Gasteiger charge is 2.01. The number of hydrazone groups is 1. The van der Waals surface area contributed by atoms with E-state index in [4.69, 9.17) is 10.5 Å². The van der Waals surface area contributed by atoms with Crippen LogP contribution in [0.25, 0.3) is 0 Å². The van der Waals surface area contributed by atoms with Crippen LogP contribution in [0, 0.1) is 6.92 Å². The van der Waals surface area contributed by atoms with Crippen LogP contribution in [0.15, 0.2) is 58.5 Å². The quantitative estimate of drug-likeness (QED) is 0.430. The smallest absolute Gasteiger partial charge is 0.255 e. The van der Waals surface area contributed by atoms with E-state index < -0.39 is 5.91 Å². The number of hydrogen-bond acceptors (Lipinski definition) is 5. The second-order valence-corrected chi connectivity index (χ2v) is 6.27. The van der Waals surface area contributed by atoms with Gasteiger partial charge in [-0.15, -0.1) is 11.8 Å². The molecule has 25 heavy (non-hydrogen) atoms. The lowest BCUT2D eigenvalue weighted by atomic mass is 10.2. The minimum atomic E-state index is -0.531. The van der Waals surface area contributed by atoms with Crippen LogP contribution in [-0.2, 0) is 9.59 Å². The number of benzene rings is 2. The Morgan fingerprint density at radius 2 is 1.84 bits per heavy atom. The van der Waals surface area contributed by atoms with Gasteiger partial charge in [-0.3, -0.25) is 9.59 Å². The number of nitrogens with one attached hydrogen (secondary N) is 1. The molecule has 0 spiro atoms. The molecule has 3 N–H and O–H groups in total. The number of carbonyl (C=O) groups excluding carboxylic acids is 2. The molecule has 0 saturated carbocycles. The lowest BCUT2D eigenvalue weighted by Crippen LogP contribution is -2.20. The molecule has 7 heteroatoms. The maximum Gasteiger partial charge on any atom is 0.255 e. The van der Waals surface area contributed by atoms with Crippen molar-refractivity contribution in [3.8, 4) is 5.75 Å². The minimum Gasteiger partial charge on any atom is -0.484 e. The van der Waals surface area contributed by atoms with Gasteiger partial charge in [0.25, 0.3) is 5.91 Å². The van der Waals surface area contributed by atoms with Gasteiger partial charge in [-0.2, -0.15) is 5.10 Å². The van der Waals surface area contributed by atoms with E-state index in [1.807, 2.05) is 31.2 Å². The van der Waals surface area contributed by atoms with Crippen molar-refractivity contribution in [1.82, 2.24) is 5.43 Å². The van der Waals surface area contributed by atoms with Crippen LogP contribution >= 0.6 is 11.8 Å². The first-order chi connectivity index (χ1) is 12.0. The van der Waals surface area contributed by atoms with Crippen LogP contribution < -0.4 is 15.9 Å². The van der Waals surface area contributed by atoms with Crippen molar-refractivity contribution in [2.75, 3.05) is 12.4 Å². The van der Waals surface area contributed by atoms with E-state index in [9.17, 15) is 9.59 Å². The van der Waals surface area contributed by atoms with Gasteiger partial charge in [-0.05, 0) is 48.9 Å². The Kier molecular flexibility index (Phi) is 7.03. The van der Waals surface area contributed by atoms with Gasteiger partial charge >= 0.3 is 0 Å². The summed E-state index contributed by atoms with van der Waals surface area (Å²) in [4.78, 5) is 23.4. The van der Waals surface area contributed by atoms with Crippen molar-refractivity contribution >= 4 is 29.8 Å². The third kappa shape index (κ3) is 7.09. The van der Waals surface area contributed by atoms with E-state index in [-0.39, 0.29) is 12.5 Å². The standard InChI is InChI=1S/C18H19N3O3S/c1-13-2-8-16(9-3-13)25-12-18(23)21-20-10-14-4-6-15(7-5-14)24-11-17(19)22/h2-10H,11-12H2,1H3,(H2,19,22)(H,21,23)/b20-10-. The third-order valence-corrected chi connectivity index (χ3v) is 4.07. The molecule has 2 aromatic rings. The Hall–Kier alpha value is -2.80. The molecule has 0 fully saturated rings. The van der Waals surface area contributed by atoms with Gasteiger partial charge in [0.2, 0.25) is 5.91 Å². The van der Waals surface area contributed by atoms with E-state index in [2.05, 4.69) is 10.5 Å². The molecule has 0 unspecified atom stereocenters. The molecule has 0 saturated heterocycles. The molecule has 0 aromatic heterocycles. The number of carbonyl (C=O) groups is 2. The number of aryl methyl sites for hydroxylation is 1. The van der Waals surface area contributed by atoms with Gasteiger partial charge in [-0.25, -0.2) is 5.43 Å². The molecule has 0 aliphatic rings. The normalized spacial score (nSPS) is 10.6. The van der Waals surface area contributed by atoms with Crippen LogP contribution in [-0.4, -0.2) is 30.4 Å². The summed E-state index contributed by atoms with van der Waals surface area (Å²) in [6.07, 6.45) is 1.53. The van der Waals surface area contributed by atoms with Crippen molar-refractivity contribution in [3.05, 3.63) is 59.7 Å². The summed E-state index contributed by atoms with van der Waals surface area (Å²) in [5.41, 5.74) is 9.46. The molecule has 0 atom stereocenters. The van der Waals surface area contributed by atoms with Crippen LogP contribution in [0.4, 0.5) is 0 Å². The number of ether oxygens (including phenoxy) is 1. The van der Waals surface area contributed by atoms with Gasteiger partial charge in [0.1, 0.15) is 5.75 Å². The monoisotopic (exact) mass is 357 g/mol. The summed E-state index contributed by atoms with van der Waals surface area (Å²) in [6, 6.07) is 14.9. The van der Waals surface area contributed by atoms with Crippen LogP contribution in [0.2, 0.25) is 0 Å². The van der Waals surface area contributed by atoms with E-state index in [0.717, 1.165) is 10.5 Å².